The Labute approximate surface area is 178 Å². The number of hydrogen-bond donors (Lipinski definition) is 1. The molecule has 1 N–H and O–H groups in total. The Morgan fingerprint density at radius 1 is 1.36 bits per heavy atom. The zero-order valence-electron chi connectivity index (χ0n) is 16.3. The van der Waals surface area contributed by atoms with Gasteiger partial charge in [0.05, 0.1) is 5.75 Å². The minimum Gasteiger partial charge on any atom is -0.325 e. The lowest BCUT2D eigenvalue weighted by Gasteiger charge is -2.13. The van der Waals surface area contributed by atoms with Gasteiger partial charge in [0.25, 0.3) is 0 Å². The van der Waals surface area contributed by atoms with E-state index in [0.717, 1.165) is 34.2 Å². The number of thioether (sulfide) groups is 1. The number of aryl methyl sites for hydroxylation is 1. The van der Waals surface area contributed by atoms with E-state index in [9.17, 15) is 4.79 Å². The Balaban J connectivity index is 1.73. The van der Waals surface area contributed by atoms with Crippen molar-refractivity contribution in [3.63, 3.8) is 0 Å². The van der Waals surface area contributed by atoms with Crippen LogP contribution in [0.5, 0.6) is 0 Å². The van der Waals surface area contributed by atoms with Gasteiger partial charge in [-0.15, -0.1) is 21.5 Å². The third-order valence-corrected chi connectivity index (χ3v) is 6.75. The lowest BCUT2D eigenvalue weighted by atomic mass is 10.2. The van der Waals surface area contributed by atoms with Crippen LogP contribution in [0.1, 0.15) is 37.3 Å². The predicted octanol–water partition coefficient (Wildman–Crippen LogP) is 5.84. The number of thiophene rings is 1. The molecule has 0 fully saturated rings. The average Bonchev–Trinajstić information content (AvgIpc) is 3.30. The van der Waals surface area contributed by atoms with E-state index in [0.29, 0.717) is 5.02 Å². The van der Waals surface area contributed by atoms with Gasteiger partial charge >= 0.3 is 0 Å². The van der Waals surface area contributed by atoms with Crippen LogP contribution in [0.15, 0.2) is 34.8 Å². The van der Waals surface area contributed by atoms with Crippen molar-refractivity contribution in [1.29, 1.82) is 0 Å². The summed E-state index contributed by atoms with van der Waals surface area (Å²) in [5.74, 6) is 0.999. The van der Waals surface area contributed by atoms with E-state index >= 15 is 0 Å². The maximum atomic E-state index is 12.4. The van der Waals surface area contributed by atoms with Gasteiger partial charge in [-0.2, -0.15) is 0 Å². The summed E-state index contributed by atoms with van der Waals surface area (Å²) in [6, 6.07) is 7.83. The van der Waals surface area contributed by atoms with E-state index in [1.165, 1.54) is 16.6 Å². The van der Waals surface area contributed by atoms with Crippen molar-refractivity contribution in [3.05, 3.63) is 45.1 Å². The molecule has 5 nitrogen and oxygen atoms in total. The number of halogens is 1. The highest BCUT2D eigenvalue weighted by Crippen LogP contribution is 2.31. The van der Waals surface area contributed by atoms with Gasteiger partial charge in [0.1, 0.15) is 0 Å². The summed E-state index contributed by atoms with van der Waals surface area (Å²) < 4.78 is 2.09. The number of anilines is 1. The number of nitrogens with zero attached hydrogens (tertiary/aromatic N) is 3. The van der Waals surface area contributed by atoms with Crippen LogP contribution in [0.4, 0.5) is 5.69 Å². The van der Waals surface area contributed by atoms with Crippen LogP contribution in [-0.4, -0.2) is 26.4 Å². The van der Waals surface area contributed by atoms with Gasteiger partial charge in [-0.1, -0.05) is 36.4 Å². The van der Waals surface area contributed by atoms with Crippen LogP contribution in [-0.2, 0) is 11.2 Å². The molecule has 8 heteroatoms. The Morgan fingerprint density at radius 3 is 2.82 bits per heavy atom. The topological polar surface area (TPSA) is 59.8 Å². The van der Waals surface area contributed by atoms with Crippen molar-refractivity contribution in [2.75, 3.05) is 11.1 Å². The first-order valence-corrected chi connectivity index (χ1v) is 11.4. The first-order valence-electron chi connectivity index (χ1n) is 9.11. The molecule has 1 aromatic carbocycles. The Hall–Kier alpha value is -1.83. The molecule has 3 aromatic rings. The molecule has 0 radical (unpaired) electrons. The second-order valence-electron chi connectivity index (χ2n) is 6.67. The summed E-state index contributed by atoms with van der Waals surface area (Å²) in [7, 11) is 0. The second kappa shape index (κ2) is 9.11. The van der Waals surface area contributed by atoms with E-state index in [1.54, 1.807) is 11.3 Å². The Bertz CT molecular complexity index is 980. The number of benzene rings is 1. The van der Waals surface area contributed by atoms with E-state index in [4.69, 9.17) is 11.6 Å². The van der Waals surface area contributed by atoms with Crippen LogP contribution in [0.3, 0.4) is 0 Å². The van der Waals surface area contributed by atoms with Crippen molar-refractivity contribution in [2.45, 2.75) is 45.3 Å². The molecule has 0 unspecified atom stereocenters. The largest absolute Gasteiger partial charge is 0.325 e. The molecule has 1 amide bonds. The first kappa shape index (κ1) is 20.9. The highest BCUT2D eigenvalue weighted by atomic mass is 35.5. The first-order chi connectivity index (χ1) is 13.4. The van der Waals surface area contributed by atoms with E-state index in [1.807, 2.05) is 25.1 Å². The van der Waals surface area contributed by atoms with Gasteiger partial charge in [0.2, 0.25) is 5.91 Å². The minimum atomic E-state index is -0.0981. The highest BCUT2D eigenvalue weighted by molar-refractivity contribution is 7.99. The van der Waals surface area contributed by atoms with Crippen molar-refractivity contribution in [1.82, 2.24) is 14.8 Å². The fourth-order valence-corrected chi connectivity index (χ4v) is 4.64. The van der Waals surface area contributed by atoms with Gasteiger partial charge in [-0.3, -0.25) is 9.36 Å². The molecule has 0 saturated carbocycles. The second-order valence-corrected chi connectivity index (χ2v) is 9.02. The Kier molecular flexibility index (Phi) is 6.80. The van der Waals surface area contributed by atoms with Gasteiger partial charge in [0.15, 0.2) is 11.0 Å². The summed E-state index contributed by atoms with van der Waals surface area (Å²) in [6.45, 7) is 8.22. The molecule has 28 heavy (non-hydrogen) atoms. The smallest absolute Gasteiger partial charge is 0.234 e. The lowest BCUT2D eigenvalue weighted by molar-refractivity contribution is -0.113. The number of hydrogen-bond acceptors (Lipinski definition) is 5. The van der Waals surface area contributed by atoms with Gasteiger partial charge in [-0.05, 0) is 51.0 Å². The van der Waals surface area contributed by atoms with E-state index in [2.05, 4.69) is 52.3 Å². The van der Waals surface area contributed by atoms with Crippen LogP contribution in [0.2, 0.25) is 5.02 Å². The lowest BCUT2D eigenvalue weighted by Crippen LogP contribution is -2.15. The fourth-order valence-electron chi connectivity index (χ4n) is 2.78. The van der Waals surface area contributed by atoms with Gasteiger partial charge in [-0.25, -0.2) is 0 Å². The maximum absolute atomic E-state index is 12.4. The molecule has 0 aliphatic carbocycles. The van der Waals surface area contributed by atoms with Crippen molar-refractivity contribution < 1.29 is 4.79 Å². The van der Waals surface area contributed by atoms with Crippen molar-refractivity contribution >= 4 is 46.3 Å². The minimum absolute atomic E-state index is 0.0981. The summed E-state index contributed by atoms with van der Waals surface area (Å²) in [5.41, 5.74) is 2.67. The Morgan fingerprint density at radius 2 is 2.14 bits per heavy atom. The highest BCUT2D eigenvalue weighted by Gasteiger charge is 2.19. The van der Waals surface area contributed by atoms with E-state index in [-0.39, 0.29) is 17.7 Å². The van der Waals surface area contributed by atoms with Crippen LogP contribution >= 0.6 is 34.7 Å². The quantitative estimate of drug-likeness (QED) is 0.474. The zero-order valence-corrected chi connectivity index (χ0v) is 18.7. The van der Waals surface area contributed by atoms with Crippen molar-refractivity contribution in [3.8, 4) is 11.4 Å². The number of nitrogens with one attached hydrogen (secondary N) is 1. The number of aromatic nitrogens is 3. The molecule has 0 atom stereocenters. The standard InChI is InChI=1S/C20H23ClN4OS2/c1-5-15-9-14(10-27-15)19-23-24-20(25(19)12(2)3)28-11-18(26)22-17-8-6-7-16(21)13(17)4/h6-10,12H,5,11H2,1-4H3,(H,22,26). The summed E-state index contributed by atoms with van der Waals surface area (Å²) in [4.78, 5) is 13.7. The van der Waals surface area contributed by atoms with Crippen LogP contribution in [0, 0.1) is 6.92 Å². The number of rotatable bonds is 7. The third-order valence-electron chi connectivity index (χ3n) is 4.32. The summed E-state index contributed by atoms with van der Waals surface area (Å²) in [6.07, 6.45) is 1.01. The molecule has 0 aliphatic rings. The predicted molar refractivity (Wildman–Crippen MR) is 119 cm³/mol. The zero-order chi connectivity index (χ0) is 20.3. The molecule has 0 aliphatic heterocycles. The summed E-state index contributed by atoms with van der Waals surface area (Å²) >= 11 is 9.24. The molecule has 0 spiro atoms. The van der Waals surface area contributed by atoms with Crippen LogP contribution < -0.4 is 5.32 Å². The third kappa shape index (κ3) is 4.59. The monoisotopic (exact) mass is 434 g/mol. The van der Waals surface area contributed by atoms with Crippen molar-refractivity contribution in [2.24, 2.45) is 0 Å². The SMILES string of the molecule is CCc1cc(-c2nnc(SCC(=O)Nc3cccc(Cl)c3C)n2C(C)C)cs1. The number of carbonyl (C=O) groups is 1. The molecular weight excluding hydrogens is 412 g/mol. The number of amides is 1. The molecule has 148 valence electrons. The number of carbonyl (C=O) groups excluding carboxylic acids is 1. The summed E-state index contributed by atoms with van der Waals surface area (Å²) in [5, 5.41) is 15.1. The molecule has 0 bridgehead atoms. The van der Waals surface area contributed by atoms with Gasteiger partial charge < -0.3 is 5.32 Å². The van der Waals surface area contributed by atoms with Gasteiger partial charge in [0, 0.05) is 32.6 Å². The van der Waals surface area contributed by atoms with Crippen LogP contribution in [0.25, 0.3) is 11.4 Å². The molecule has 0 saturated heterocycles. The molecule has 2 heterocycles. The fraction of sp³-hybridized carbons (Fsp3) is 0.350. The maximum Gasteiger partial charge on any atom is 0.234 e. The molecule has 3 rings (SSSR count). The average molecular weight is 435 g/mol. The molecule has 2 aromatic heterocycles. The van der Waals surface area contributed by atoms with E-state index < -0.39 is 0 Å². The normalized spacial score (nSPS) is 11.2. The molecular formula is C20H23ClN4OS2.